The average Bonchev–Trinajstić information content (AvgIpc) is 3.43. The molecule has 1 saturated heterocycles. The Kier molecular flexibility index (Phi) is 30.0. The molecule has 0 spiro atoms. The van der Waals surface area contributed by atoms with E-state index in [1.54, 1.807) is 0 Å². The topological polar surface area (TPSA) is 63.2 Å². The lowest BCUT2D eigenvalue weighted by atomic mass is 9.98. The predicted octanol–water partition coefficient (Wildman–Crippen LogP) is 13.1. The Morgan fingerprint density at radius 1 is 0.568 bits per heavy atom. The van der Waals surface area contributed by atoms with Crippen molar-refractivity contribution < 1.29 is 28.1 Å². The number of rotatable bonds is 35. The first kappa shape index (κ1) is 41.9. The second kappa shape index (κ2) is 31.5. The van der Waals surface area contributed by atoms with Crippen LogP contribution in [0, 0.1) is 0 Å². The molecule has 2 atom stereocenters. The van der Waals surface area contributed by atoms with Gasteiger partial charge in [0.25, 0.3) is 0 Å². The van der Waals surface area contributed by atoms with E-state index < -0.39 is 14.0 Å². The molecule has 0 radical (unpaired) electrons. The lowest BCUT2D eigenvalue weighted by molar-refractivity contribution is -0.189. The normalized spacial score (nSPS) is 16.6. The first-order valence-electron chi connectivity index (χ1n) is 19.3. The first-order chi connectivity index (χ1) is 21.7. The van der Waals surface area contributed by atoms with Gasteiger partial charge in [0, 0.05) is 17.4 Å². The van der Waals surface area contributed by atoms with Crippen molar-refractivity contribution in [3.05, 3.63) is 0 Å². The molecular weight excluding hydrogens is 571 g/mol. The van der Waals surface area contributed by atoms with Crippen molar-refractivity contribution in [2.75, 3.05) is 20.3 Å². The van der Waals surface area contributed by atoms with Crippen LogP contribution in [0.1, 0.15) is 206 Å². The van der Waals surface area contributed by atoms with Crippen LogP contribution in [0.3, 0.4) is 0 Å². The fourth-order valence-electron chi connectivity index (χ4n) is 6.49. The summed E-state index contributed by atoms with van der Waals surface area (Å²) in [6.07, 6.45) is 39.7. The maximum atomic E-state index is 11.7. The molecule has 262 valence electrons. The van der Waals surface area contributed by atoms with Crippen molar-refractivity contribution in [1.29, 1.82) is 0 Å². The standard InChI is InChI=1S/C37H74O6P/c1-4-6-8-10-12-14-16-18-20-22-24-26-28-30-32-37(40-34-36(42-37)35-41-44(38)43-39-3)33-31-29-27-25-23-21-19-17-15-13-11-9-7-5-2/h36H,4-35H2,1-3H3/q+1. The molecule has 0 aromatic rings. The van der Waals surface area contributed by atoms with Gasteiger partial charge in [-0.25, -0.2) is 0 Å². The van der Waals surface area contributed by atoms with Gasteiger partial charge in [-0.2, -0.15) is 4.89 Å². The zero-order valence-corrected chi connectivity index (χ0v) is 30.5. The van der Waals surface area contributed by atoms with E-state index in [4.69, 9.17) is 14.0 Å². The molecule has 6 nitrogen and oxygen atoms in total. The lowest BCUT2D eigenvalue weighted by Gasteiger charge is -2.28. The summed E-state index contributed by atoms with van der Waals surface area (Å²) < 4.78 is 34.2. The molecule has 1 fully saturated rings. The fraction of sp³-hybridized carbons (Fsp3) is 1.00. The summed E-state index contributed by atoms with van der Waals surface area (Å²) in [4.78, 5) is 4.45. The molecule has 0 amide bonds. The summed E-state index contributed by atoms with van der Waals surface area (Å²) in [5.41, 5.74) is 0. The zero-order valence-electron chi connectivity index (χ0n) is 29.6. The number of ether oxygens (including phenoxy) is 2. The Labute approximate surface area is 274 Å². The summed E-state index contributed by atoms with van der Waals surface area (Å²) in [5, 5.41) is 0. The Morgan fingerprint density at radius 3 is 1.25 bits per heavy atom. The van der Waals surface area contributed by atoms with Gasteiger partial charge in [0.05, 0.1) is 18.4 Å². The largest absolute Gasteiger partial charge is 0.728 e. The number of hydrogen-bond acceptors (Lipinski definition) is 6. The van der Waals surface area contributed by atoms with Crippen LogP contribution in [0.2, 0.25) is 0 Å². The van der Waals surface area contributed by atoms with Gasteiger partial charge in [0.15, 0.2) is 5.79 Å². The van der Waals surface area contributed by atoms with E-state index in [2.05, 4.69) is 23.4 Å². The minimum Gasteiger partial charge on any atom is -0.347 e. The van der Waals surface area contributed by atoms with Crippen LogP contribution in [0.15, 0.2) is 0 Å². The minimum atomic E-state index is -2.29. The van der Waals surface area contributed by atoms with Crippen molar-refractivity contribution in [3.8, 4) is 0 Å². The Bertz CT molecular complexity index is 587. The molecule has 0 N–H and O–H groups in total. The van der Waals surface area contributed by atoms with Gasteiger partial charge >= 0.3 is 8.25 Å². The molecular formula is C37H74O6P+. The van der Waals surface area contributed by atoms with Gasteiger partial charge < -0.3 is 9.47 Å². The van der Waals surface area contributed by atoms with Gasteiger partial charge in [-0.05, 0) is 12.8 Å². The van der Waals surface area contributed by atoms with Crippen LogP contribution in [-0.4, -0.2) is 32.2 Å². The molecule has 0 aromatic carbocycles. The van der Waals surface area contributed by atoms with Crippen molar-refractivity contribution in [1.82, 2.24) is 0 Å². The highest BCUT2D eigenvalue weighted by Gasteiger charge is 2.42. The summed E-state index contributed by atoms with van der Waals surface area (Å²) in [6.45, 7) is 5.25. The van der Waals surface area contributed by atoms with Gasteiger partial charge in [-0.15, -0.1) is 4.52 Å². The summed E-state index contributed by atoms with van der Waals surface area (Å²) in [7, 11) is -0.970. The Hall–Kier alpha value is -0.100. The number of unbranched alkanes of at least 4 members (excludes halogenated alkanes) is 26. The Morgan fingerprint density at radius 2 is 0.909 bits per heavy atom. The van der Waals surface area contributed by atoms with Gasteiger partial charge in [0.1, 0.15) is 12.7 Å². The molecule has 44 heavy (non-hydrogen) atoms. The molecule has 1 heterocycles. The van der Waals surface area contributed by atoms with Gasteiger partial charge in [-0.3, -0.25) is 0 Å². The molecule has 2 unspecified atom stereocenters. The van der Waals surface area contributed by atoms with Crippen LogP contribution in [0.5, 0.6) is 0 Å². The van der Waals surface area contributed by atoms with Crippen molar-refractivity contribution in [2.45, 2.75) is 218 Å². The summed E-state index contributed by atoms with van der Waals surface area (Å²) >= 11 is 0. The van der Waals surface area contributed by atoms with Crippen LogP contribution in [0.25, 0.3) is 0 Å². The quantitative estimate of drug-likeness (QED) is 0.0296. The highest BCUT2D eigenvalue weighted by Crippen LogP contribution is 2.36. The molecule has 1 aliphatic heterocycles. The van der Waals surface area contributed by atoms with E-state index >= 15 is 0 Å². The highest BCUT2D eigenvalue weighted by atomic mass is 31.1. The van der Waals surface area contributed by atoms with E-state index in [0.29, 0.717) is 6.61 Å². The Balaban J connectivity index is 2.18. The van der Waals surface area contributed by atoms with Crippen LogP contribution in [-0.2, 0) is 28.1 Å². The van der Waals surface area contributed by atoms with E-state index in [0.717, 1.165) is 25.7 Å². The maximum Gasteiger partial charge on any atom is 0.728 e. The van der Waals surface area contributed by atoms with E-state index in [1.807, 2.05) is 0 Å². The van der Waals surface area contributed by atoms with E-state index in [9.17, 15) is 4.57 Å². The van der Waals surface area contributed by atoms with Crippen LogP contribution >= 0.6 is 8.25 Å². The molecule has 7 heteroatoms. The van der Waals surface area contributed by atoms with E-state index in [-0.39, 0.29) is 12.7 Å². The maximum absolute atomic E-state index is 11.7. The monoisotopic (exact) mass is 646 g/mol. The van der Waals surface area contributed by atoms with Crippen molar-refractivity contribution in [2.24, 2.45) is 0 Å². The van der Waals surface area contributed by atoms with Crippen molar-refractivity contribution >= 4 is 8.25 Å². The molecule has 0 aliphatic carbocycles. The SMILES string of the molecule is CCCCCCCCCCCCCCCCC1(CCCCCCCCCCCCCCCC)OCC(CO[P+](=O)OOC)O1. The third kappa shape index (κ3) is 25.0. The first-order valence-corrected chi connectivity index (χ1v) is 20.4. The second-order valence-electron chi connectivity index (χ2n) is 13.4. The second-order valence-corrected chi connectivity index (χ2v) is 14.3. The average molecular weight is 646 g/mol. The molecule has 1 aliphatic rings. The third-order valence-electron chi connectivity index (χ3n) is 9.24. The summed E-state index contributed by atoms with van der Waals surface area (Å²) in [5.74, 6) is -0.518. The summed E-state index contributed by atoms with van der Waals surface area (Å²) in [6, 6.07) is 0. The van der Waals surface area contributed by atoms with Crippen molar-refractivity contribution in [3.63, 3.8) is 0 Å². The molecule has 0 bridgehead atoms. The molecule has 0 saturated carbocycles. The van der Waals surface area contributed by atoms with E-state index in [1.165, 1.54) is 174 Å². The van der Waals surface area contributed by atoms with Gasteiger partial charge in [0.2, 0.25) is 0 Å². The minimum absolute atomic E-state index is 0.192. The fourth-order valence-corrected chi connectivity index (χ4v) is 6.94. The molecule has 0 aromatic heterocycles. The lowest BCUT2D eigenvalue weighted by Crippen LogP contribution is -2.31. The smallest absolute Gasteiger partial charge is 0.347 e. The zero-order chi connectivity index (χ0) is 31.8. The van der Waals surface area contributed by atoms with Crippen LogP contribution in [0.4, 0.5) is 0 Å². The highest BCUT2D eigenvalue weighted by molar-refractivity contribution is 7.33. The number of hydrogen-bond donors (Lipinski definition) is 0. The van der Waals surface area contributed by atoms with Gasteiger partial charge in [-0.1, -0.05) is 181 Å². The molecule has 1 rings (SSSR count). The van der Waals surface area contributed by atoms with Crippen LogP contribution < -0.4 is 0 Å². The third-order valence-corrected chi connectivity index (χ3v) is 9.87. The predicted molar refractivity (Wildman–Crippen MR) is 185 cm³/mol.